The molecule has 1 aliphatic rings. The van der Waals surface area contributed by atoms with E-state index >= 15 is 0 Å². The zero-order valence-electron chi connectivity index (χ0n) is 12.3. The summed E-state index contributed by atoms with van der Waals surface area (Å²) in [5, 5.41) is 3.53. The first kappa shape index (κ1) is 12.5. The van der Waals surface area contributed by atoms with Crippen molar-refractivity contribution in [2.45, 2.75) is 38.9 Å². The fraction of sp³-hybridized carbons (Fsp3) is 0.353. The average molecular weight is 280 g/mol. The average Bonchev–Trinajstić information content (AvgIpc) is 3.13. The number of aryl methyl sites for hydroxylation is 1. The number of hydrogen-bond acceptors (Lipinski definition) is 2. The molecule has 1 fully saturated rings. The van der Waals surface area contributed by atoms with Gasteiger partial charge in [0.15, 0.2) is 0 Å². The van der Waals surface area contributed by atoms with Gasteiger partial charge < -0.3 is 14.5 Å². The summed E-state index contributed by atoms with van der Waals surface area (Å²) in [5.74, 6) is 1.00. The first-order valence-electron chi connectivity index (χ1n) is 7.71. The molecule has 4 nitrogen and oxygen atoms in total. The second-order valence-electron chi connectivity index (χ2n) is 5.66. The lowest BCUT2D eigenvalue weighted by atomic mass is 10.3. The van der Waals surface area contributed by atoms with Crippen LogP contribution in [0.5, 0.6) is 0 Å². The molecule has 0 saturated heterocycles. The van der Waals surface area contributed by atoms with Gasteiger partial charge in [0, 0.05) is 24.5 Å². The molecule has 0 bridgehead atoms. The highest BCUT2D eigenvalue weighted by molar-refractivity contribution is 5.79. The Labute approximate surface area is 124 Å². The molecule has 0 spiro atoms. The zero-order chi connectivity index (χ0) is 14.2. The summed E-state index contributed by atoms with van der Waals surface area (Å²) in [6.07, 6.45) is 4.65. The number of nitrogens with one attached hydrogen (secondary N) is 1. The zero-order valence-corrected chi connectivity index (χ0v) is 12.3. The van der Waals surface area contributed by atoms with Crippen molar-refractivity contribution in [3.63, 3.8) is 0 Å². The molecule has 21 heavy (non-hydrogen) atoms. The maximum atomic E-state index is 4.77. The molecule has 2 aromatic heterocycles. The molecule has 3 aromatic rings. The summed E-state index contributed by atoms with van der Waals surface area (Å²) < 4.78 is 4.63. The maximum absolute atomic E-state index is 4.77. The molecule has 0 unspecified atom stereocenters. The Morgan fingerprint density at radius 1 is 1.19 bits per heavy atom. The van der Waals surface area contributed by atoms with Crippen LogP contribution < -0.4 is 5.32 Å². The van der Waals surface area contributed by atoms with Gasteiger partial charge in [-0.15, -0.1) is 0 Å². The topological polar surface area (TPSA) is 34.8 Å². The van der Waals surface area contributed by atoms with Gasteiger partial charge in [0.05, 0.1) is 17.6 Å². The van der Waals surface area contributed by atoms with Crippen molar-refractivity contribution in [3.8, 4) is 0 Å². The Morgan fingerprint density at radius 2 is 2.05 bits per heavy atom. The van der Waals surface area contributed by atoms with Crippen LogP contribution in [0.25, 0.3) is 11.0 Å². The van der Waals surface area contributed by atoms with E-state index in [-0.39, 0.29) is 0 Å². The van der Waals surface area contributed by atoms with Crippen molar-refractivity contribution < 1.29 is 0 Å². The largest absolute Gasteiger partial charge is 0.350 e. The number of benzene rings is 1. The molecule has 1 aromatic carbocycles. The molecule has 1 N–H and O–H groups in total. The highest BCUT2D eigenvalue weighted by Gasteiger charge is 2.28. The smallest absolute Gasteiger partial charge is 0.204 e. The van der Waals surface area contributed by atoms with Crippen LogP contribution in [0.2, 0.25) is 0 Å². The molecule has 108 valence electrons. The fourth-order valence-corrected chi connectivity index (χ4v) is 2.96. The van der Waals surface area contributed by atoms with Crippen molar-refractivity contribution in [1.29, 1.82) is 0 Å². The van der Waals surface area contributed by atoms with E-state index < -0.39 is 0 Å². The standard InChI is InChI=1S/C17H20N4/c1-2-20-11-5-6-14(20)12-18-17-19-15-7-3-4-8-16(15)21(17)13-9-10-13/h3-8,11,13H,2,9-10,12H2,1H3,(H,18,19). The van der Waals surface area contributed by atoms with E-state index in [1.165, 1.54) is 24.1 Å². The van der Waals surface area contributed by atoms with Crippen LogP contribution >= 0.6 is 0 Å². The van der Waals surface area contributed by atoms with Crippen molar-refractivity contribution >= 4 is 17.0 Å². The van der Waals surface area contributed by atoms with Crippen LogP contribution in [0.1, 0.15) is 31.5 Å². The van der Waals surface area contributed by atoms with Gasteiger partial charge in [-0.1, -0.05) is 12.1 Å². The third-order valence-corrected chi connectivity index (χ3v) is 4.20. The Morgan fingerprint density at radius 3 is 2.86 bits per heavy atom. The number of anilines is 1. The second-order valence-corrected chi connectivity index (χ2v) is 5.66. The minimum Gasteiger partial charge on any atom is -0.350 e. The Hall–Kier alpha value is -2.23. The lowest BCUT2D eigenvalue weighted by Crippen LogP contribution is -2.10. The predicted octanol–water partition coefficient (Wildman–Crippen LogP) is 3.80. The SMILES string of the molecule is CCn1cccc1CNc1nc2ccccc2n1C1CC1. The Balaban J connectivity index is 1.65. The molecule has 0 atom stereocenters. The molecule has 0 aliphatic heterocycles. The number of nitrogens with zero attached hydrogens (tertiary/aromatic N) is 3. The number of aromatic nitrogens is 3. The summed E-state index contributed by atoms with van der Waals surface area (Å²) in [4.78, 5) is 4.77. The van der Waals surface area contributed by atoms with Gasteiger partial charge in [0.2, 0.25) is 5.95 Å². The van der Waals surface area contributed by atoms with Gasteiger partial charge in [-0.3, -0.25) is 0 Å². The number of para-hydroxylation sites is 2. The van der Waals surface area contributed by atoms with Gasteiger partial charge in [-0.05, 0) is 44.0 Å². The highest BCUT2D eigenvalue weighted by Crippen LogP contribution is 2.40. The number of imidazole rings is 1. The normalized spacial score (nSPS) is 14.7. The van der Waals surface area contributed by atoms with Crippen LogP contribution in [0.4, 0.5) is 5.95 Å². The van der Waals surface area contributed by atoms with E-state index in [9.17, 15) is 0 Å². The Kier molecular flexibility index (Phi) is 2.95. The van der Waals surface area contributed by atoms with E-state index in [4.69, 9.17) is 4.98 Å². The van der Waals surface area contributed by atoms with Crippen molar-refractivity contribution in [3.05, 3.63) is 48.3 Å². The summed E-state index contributed by atoms with van der Waals surface area (Å²) in [6, 6.07) is 13.3. The maximum Gasteiger partial charge on any atom is 0.204 e. The molecule has 4 rings (SSSR count). The van der Waals surface area contributed by atoms with Crippen LogP contribution in [-0.4, -0.2) is 14.1 Å². The van der Waals surface area contributed by atoms with Gasteiger partial charge >= 0.3 is 0 Å². The minimum atomic E-state index is 0.623. The van der Waals surface area contributed by atoms with E-state index in [2.05, 4.69) is 64.0 Å². The van der Waals surface area contributed by atoms with Crippen LogP contribution in [-0.2, 0) is 13.1 Å². The van der Waals surface area contributed by atoms with Crippen molar-refractivity contribution in [2.24, 2.45) is 0 Å². The van der Waals surface area contributed by atoms with Gasteiger partial charge in [0.25, 0.3) is 0 Å². The second kappa shape index (κ2) is 4.95. The summed E-state index contributed by atoms with van der Waals surface area (Å²) >= 11 is 0. The van der Waals surface area contributed by atoms with E-state index in [1.54, 1.807) is 0 Å². The summed E-state index contributed by atoms with van der Waals surface area (Å²) in [6.45, 7) is 3.99. The lowest BCUT2D eigenvalue weighted by molar-refractivity contribution is 0.715. The van der Waals surface area contributed by atoms with Crippen molar-refractivity contribution in [2.75, 3.05) is 5.32 Å². The molecule has 0 amide bonds. The van der Waals surface area contributed by atoms with Crippen LogP contribution in [0.3, 0.4) is 0 Å². The molecule has 4 heteroatoms. The first-order chi connectivity index (χ1) is 10.4. The van der Waals surface area contributed by atoms with Crippen molar-refractivity contribution in [1.82, 2.24) is 14.1 Å². The predicted molar refractivity (Wildman–Crippen MR) is 85.4 cm³/mol. The summed E-state index contributed by atoms with van der Waals surface area (Å²) in [7, 11) is 0. The number of hydrogen-bond donors (Lipinski definition) is 1. The van der Waals surface area contributed by atoms with Gasteiger partial charge in [-0.2, -0.15) is 0 Å². The molecular weight excluding hydrogens is 260 g/mol. The lowest BCUT2D eigenvalue weighted by Gasteiger charge is -2.11. The molecule has 2 heterocycles. The highest BCUT2D eigenvalue weighted by atomic mass is 15.2. The summed E-state index contributed by atoms with van der Waals surface area (Å²) in [5.41, 5.74) is 3.62. The number of rotatable bonds is 5. The molecule has 1 aliphatic carbocycles. The monoisotopic (exact) mass is 280 g/mol. The van der Waals surface area contributed by atoms with Gasteiger partial charge in [0.1, 0.15) is 0 Å². The third kappa shape index (κ3) is 2.20. The van der Waals surface area contributed by atoms with E-state index in [1.807, 2.05) is 0 Å². The minimum absolute atomic E-state index is 0.623. The molecule has 0 radical (unpaired) electrons. The fourth-order valence-electron chi connectivity index (χ4n) is 2.96. The van der Waals surface area contributed by atoms with Crippen LogP contribution in [0.15, 0.2) is 42.6 Å². The van der Waals surface area contributed by atoms with E-state index in [0.29, 0.717) is 6.04 Å². The first-order valence-corrected chi connectivity index (χ1v) is 7.71. The van der Waals surface area contributed by atoms with Crippen LogP contribution in [0, 0.1) is 0 Å². The third-order valence-electron chi connectivity index (χ3n) is 4.20. The number of fused-ring (bicyclic) bond motifs is 1. The van der Waals surface area contributed by atoms with E-state index in [0.717, 1.165) is 24.6 Å². The quantitative estimate of drug-likeness (QED) is 0.771. The molecular formula is C17H20N4. The molecule has 1 saturated carbocycles. The van der Waals surface area contributed by atoms with Gasteiger partial charge in [-0.25, -0.2) is 4.98 Å². The Bertz CT molecular complexity index is 764.